The first kappa shape index (κ1) is 24.4. The van der Waals surface area contributed by atoms with Crippen LogP contribution in [0.1, 0.15) is 0 Å². The van der Waals surface area contributed by atoms with Gasteiger partial charge in [0.25, 0.3) is 5.56 Å². The van der Waals surface area contributed by atoms with E-state index in [9.17, 15) is 22.8 Å². The van der Waals surface area contributed by atoms with E-state index >= 15 is 0 Å². The number of methoxy groups -OCH3 is 3. The Kier molecular flexibility index (Phi) is 7.29. The lowest BCUT2D eigenvalue weighted by Gasteiger charge is -2.14. The average Bonchev–Trinajstić information content (AvgIpc) is 2.79. The maximum atomic E-state index is 12.4. The van der Waals surface area contributed by atoms with E-state index in [4.69, 9.17) is 14.2 Å². The fourth-order valence-electron chi connectivity index (χ4n) is 3.02. The van der Waals surface area contributed by atoms with Gasteiger partial charge in [-0.25, -0.2) is 4.68 Å². The summed E-state index contributed by atoms with van der Waals surface area (Å²) in [6.45, 7) is -0.433. The molecule has 0 aliphatic carbocycles. The third kappa shape index (κ3) is 5.97. The first-order chi connectivity index (χ1) is 16.1. The molecule has 0 saturated carbocycles. The predicted molar refractivity (Wildman–Crippen MR) is 115 cm³/mol. The molecule has 3 rings (SSSR count). The number of hydrogen-bond donors (Lipinski definition) is 1. The zero-order valence-electron chi connectivity index (χ0n) is 18.3. The number of aromatic nitrogens is 2. The number of nitrogens with zero attached hydrogens (tertiary/aromatic N) is 2. The quantitative estimate of drug-likeness (QED) is 0.528. The van der Waals surface area contributed by atoms with Crippen LogP contribution in [-0.4, -0.2) is 43.4 Å². The summed E-state index contributed by atoms with van der Waals surface area (Å²) in [5.41, 5.74) is 0.595. The van der Waals surface area contributed by atoms with E-state index in [0.717, 1.165) is 16.8 Å². The van der Waals surface area contributed by atoms with Crippen molar-refractivity contribution in [3.05, 3.63) is 58.9 Å². The zero-order valence-corrected chi connectivity index (χ0v) is 18.3. The van der Waals surface area contributed by atoms with Crippen LogP contribution in [0.4, 0.5) is 18.9 Å². The van der Waals surface area contributed by atoms with E-state index in [2.05, 4.69) is 15.2 Å². The molecule has 0 fully saturated rings. The van der Waals surface area contributed by atoms with Gasteiger partial charge in [0.2, 0.25) is 11.7 Å². The third-order valence-electron chi connectivity index (χ3n) is 4.49. The Morgan fingerprint density at radius 1 is 0.971 bits per heavy atom. The van der Waals surface area contributed by atoms with Gasteiger partial charge >= 0.3 is 6.36 Å². The number of hydrogen-bond acceptors (Lipinski definition) is 7. The number of ether oxygens (including phenoxy) is 4. The van der Waals surface area contributed by atoms with Crippen LogP contribution in [-0.2, 0) is 11.3 Å². The van der Waals surface area contributed by atoms with E-state index in [1.165, 1.54) is 45.6 Å². The average molecular weight is 479 g/mol. The summed E-state index contributed by atoms with van der Waals surface area (Å²) in [5, 5.41) is 6.72. The second-order valence-electron chi connectivity index (χ2n) is 6.75. The minimum absolute atomic E-state index is 0.216. The first-order valence-electron chi connectivity index (χ1n) is 9.67. The molecule has 180 valence electrons. The van der Waals surface area contributed by atoms with Crippen molar-refractivity contribution >= 4 is 11.6 Å². The number of carbonyl (C=O) groups excluding carboxylic acids is 1. The lowest BCUT2D eigenvalue weighted by atomic mass is 10.1. The summed E-state index contributed by atoms with van der Waals surface area (Å²) in [5.74, 6) is 0.106. The maximum Gasteiger partial charge on any atom is 0.573 e. The molecular formula is C22H20F3N3O6. The normalized spacial score (nSPS) is 11.0. The van der Waals surface area contributed by atoms with Crippen molar-refractivity contribution in [3.8, 4) is 34.3 Å². The second-order valence-corrected chi connectivity index (χ2v) is 6.75. The lowest BCUT2D eigenvalue weighted by molar-refractivity contribution is -0.274. The molecule has 1 heterocycles. The highest BCUT2D eigenvalue weighted by Crippen LogP contribution is 2.40. The maximum absolute atomic E-state index is 12.4. The van der Waals surface area contributed by atoms with E-state index in [1.54, 1.807) is 12.1 Å². The number of benzene rings is 2. The molecule has 1 amide bonds. The van der Waals surface area contributed by atoms with Gasteiger partial charge in [-0.1, -0.05) is 0 Å². The number of halogens is 3. The van der Waals surface area contributed by atoms with Crippen LogP contribution >= 0.6 is 0 Å². The molecule has 0 radical (unpaired) electrons. The van der Waals surface area contributed by atoms with Gasteiger partial charge in [0.1, 0.15) is 12.3 Å². The van der Waals surface area contributed by atoms with Gasteiger partial charge < -0.3 is 24.3 Å². The fourth-order valence-corrected chi connectivity index (χ4v) is 3.02. The Balaban J connectivity index is 1.79. The molecule has 0 atom stereocenters. The Labute approximate surface area is 191 Å². The predicted octanol–water partition coefficient (Wildman–Crippen LogP) is 3.47. The molecule has 0 spiro atoms. The minimum Gasteiger partial charge on any atom is -0.493 e. The van der Waals surface area contributed by atoms with Crippen molar-refractivity contribution in [1.82, 2.24) is 9.78 Å². The molecule has 2 aromatic carbocycles. The van der Waals surface area contributed by atoms with Gasteiger partial charge in [-0.3, -0.25) is 9.59 Å². The molecule has 12 heteroatoms. The Bertz CT molecular complexity index is 1200. The van der Waals surface area contributed by atoms with Crippen LogP contribution in [0.25, 0.3) is 11.3 Å². The smallest absolute Gasteiger partial charge is 0.493 e. The molecule has 3 aromatic rings. The van der Waals surface area contributed by atoms with Crippen molar-refractivity contribution in [2.24, 2.45) is 0 Å². The zero-order chi connectivity index (χ0) is 24.9. The van der Waals surface area contributed by atoms with Crippen LogP contribution in [0, 0.1) is 0 Å². The Morgan fingerprint density at radius 3 is 2.12 bits per heavy atom. The van der Waals surface area contributed by atoms with Crippen LogP contribution in [0.2, 0.25) is 0 Å². The van der Waals surface area contributed by atoms with Crippen molar-refractivity contribution in [2.45, 2.75) is 12.9 Å². The number of alkyl halides is 3. The Hall–Kier alpha value is -4.22. The van der Waals surface area contributed by atoms with Crippen molar-refractivity contribution in [1.29, 1.82) is 0 Å². The molecule has 1 aromatic heterocycles. The highest BCUT2D eigenvalue weighted by Gasteiger charge is 2.31. The summed E-state index contributed by atoms with van der Waals surface area (Å²) in [6.07, 6.45) is -4.82. The summed E-state index contributed by atoms with van der Waals surface area (Å²) in [4.78, 5) is 24.6. The van der Waals surface area contributed by atoms with Crippen molar-refractivity contribution in [3.63, 3.8) is 0 Å². The second kappa shape index (κ2) is 10.1. The SMILES string of the molecule is COc1cc(-c2ccc(=O)n(CC(=O)Nc3ccc(OC(F)(F)F)cc3)n2)cc(OC)c1OC. The summed E-state index contributed by atoms with van der Waals surface area (Å²) in [7, 11) is 4.39. The highest BCUT2D eigenvalue weighted by atomic mass is 19.4. The van der Waals surface area contributed by atoms with Gasteiger partial charge in [-0.2, -0.15) is 5.10 Å². The first-order valence-corrected chi connectivity index (χ1v) is 9.67. The van der Waals surface area contributed by atoms with Crippen LogP contribution < -0.4 is 29.8 Å². The molecule has 1 N–H and O–H groups in total. The molecule has 0 aliphatic rings. The summed E-state index contributed by atoms with van der Waals surface area (Å²) >= 11 is 0. The third-order valence-corrected chi connectivity index (χ3v) is 4.49. The number of carbonyl (C=O) groups is 1. The van der Waals surface area contributed by atoms with E-state index in [-0.39, 0.29) is 5.69 Å². The molecule has 0 saturated heterocycles. The number of amides is 1. The van der Waals surface area contributed by atoms with Crippen LogP contribution in [0.15, 0.2) is 53.3 Å². The van der Waals surface area contributed by atoms with Gasteiger partial charge in [-0.05, 0) is 42.5 Å². The fraction of sp³-hybridized carbons (Fsp3) is 0.227. The molecule has 0 unspecified atom stereocenters. The van der Waals surface area contributed by atoms with E-state index < -0.39 is 30.1 Å². The van der Waals surface area contributed by atoms with Gasteiger partial charge in [-0.15, -0.1) is 13.2 Å². The number of rotatable bonds is 8. The van der Waals surface area contributed by atoms with E-state index in [1.807, 2.05) is 0 Å². The largest absolute Gasteiger partial charge is 0.573 e. The lowest BCUT2D eigenvalue weighted by Crippen LogP contribution is -2.29. The Morgan fingerprint density at radius 2 is 1.59 bits per heavy atom. The molecule has 9 nitrogen and oxygen atoms in total. The van der Waals surface area contributed by atoms with Crippen LogP contribution in [0.3, 0.4) is 0 Å². The molecule has 0 bridgehead atoms. The molecule has 0 aliphatic heterocycles. The van der Waals surface area contributed by atoms with Gasteiger partial charge in [0.15, 0.2) is 11.5 Å². The molecule has 34 heavy (non-hydrogen) atoms. The van der Waals surface area contributed by atoms with E-state index in [0.29, 0.717) is 28.5 Å². The monoisotopic (exact) mass is 479 g/mol. The topological polar surface area (TPSA) is 101 Å². The van der Waals surface area contributed by atoms with Crippen LogP contribution in [0.5, 0.6) is 23.0 Å². The number of anilines is 1. The number of nitrogens with one attached hydrogen (secondary N) is 1. The van der Waals surface area contributed by atoms with Gasteiger partial charge in [0, 0.05) is 17.3 Å². The minimum atomic E-state index is -4.82. The van der Waals surface area contributed by atoms with Crippen molar-refractivity contribution < 1.29 is 36.9 Å². The highest BCUT2D eigenvalue weighted by molar-refractivity contribution is 5.90. The van der Waals surface area contributed by atoms with Gasteiger partial charge in [0.05, 0.1) is 27.0 Å². The van der Waals surface area contributed by atoms with Crippen molar-refractivity contribution in [2.75, 3.05) is 26.6 Å². The molecular weight excluding hydrogens is 459 g/mol. The summed E-state index contributed by atoms with van der Waals surface area (Å²) in [6, 6.07) is 10.6. The summed E-state index contributed by atoms with van der Waals surface area (Å²) < 4.78 is 57.4. The standard InChI is InChI=1S/C22H20F3N3O6/c1-31-17-10-13(11-18(32-2)21(17)33-3)16-8-9-20(30)28(27-16)12-19(29)26-14-4-6-15(7-5-14)34-22(23,24)25/h4-11H,12H2,1-3H3,(H,26,29).